The maximum absolute atomic E-state index is 15.6. The van der Waals surface area contributed by atoms with Crippen LogP contribution in [0.5, 0.6) is 0 Å². The van der Waals surface area contributed by atoms with Crippen molar-refractivity contribution in [2.75, 3.05) is 13.1 Å². The molecule has 2 aliphatic carbocycles. The molecule has 1 N–H and O–H groups in total. The van der Waals surface area contributed by atoms with Crippen LogP contribution in [0.4, 0.5) is 4.39 Å². The third-order valence-electron chi connectivity index (χ3n) is 7.66. The van der Waals surface area contributed by atoms with Gasteiger partial charge in [-0.15, -0.1) is 0 Å². The van der Waals surface area contributed by atoms with Crippen LogP contribution in [-0.2, 0) is 9.59 Å². The van der Waals surface area contributed by atoms with E-state index in [4.69, 9.17) is 0 Å². The van der Waals surface area contributed by atoms with Crippen LogP contribution < -0.4 is 5.32 Å². The molecule has 6 heteroatoms. The molecule has 0 spiro atoms. The lowest BCUT2D eigenvalue weighted by Gasteiger charge is -2.33. The average molecular weight is 457 g/mol. The minimum atomic E-state index is -0.567. The number of amides is 2. The SMILES string of the molecule is CC(C)C(=O)C(NC(=O)c1cccc(C2CCCN(C(=O)C3CC3)C2)c1F)C1CCCCC1. The first-order valence-corrected chi connectivity index (χ1v) is 12.8. The molecule has 1 heterocycles. The van der Waals surface area contributed by atoms with Gasteiger partial charge >= 0.3 is 0 Å². The zero-order chi connectivity index (χ0) is 23.5. The number of piperidine rings is 1. The van der Waals surface area contributed by atoms with Gasteiger partial charge in [-0.2, -0.15) is 0 Å². The van der Waals surface area contributed by atoms with Crippen molar-refractivity contribution in [3.8, 4) is 0 Å². The standard InChI is InChI=1S/C27H37FN2O3/c1-17(2)25(31)24(18-8-4-3-5-9-18)29-26(32)22-12-6-11-21(23(22)28)20-10-7-15-30(16-20)27(33)19-13-14-19/h6,11-12,17-20,24H,3-5,7-10,13-16H2,1-2H3,(H,29,32). The van der Waals surface area contributed by atoms with E-state index in [1.807, 2.05) is 18.7 Å². The fraction of sp³-hybridized carbons (Fsp3) is 0.667. The number of hydrogen-bond donors (Lipinski definition) is 1. The second kappa shape index (κ2) is 10.4. The molecule has 2 saturated carbocycles. The lowest BCUT2D eigenvalue weighted by atomic mass is 9.80. The highest BCUT2D eigenvalue weighted by atomic mass is 19.1. The van der Waals surface area contributed by atoms with E-state index in [0.717, 1.165) is 64.3 Å². The van der Waals surface area contributed by atoms with Crippen molar-refractivity contribution in [1.29, 1.82) is 0 Å². The van der Waals surface area contributed by atoms with Crippen LogP contribution in [-0.4, -0.2) is 41.6 Å². The van der Waals surface area contributed by atoms with E-state index in [2.05, 4.69) is 5.32 Å². The van der Waals surface area contributed by atoms with Crippen LogP contribution >= 0.6 is 0 Å². The third kappa shape index (κ3) is 5.47. The van der Waals surface area contributed by atoms with Crippen molar-refractivity contribution in [3.63, 3.8) is 0 Å². The number of Topliss-reactive ketones (excluding diaryl/α,β-unsaturated/α-hetero) is 1. The summed E-state index contributed by atoms with van der Waals surface area (Å²) in [6.45, 7) is 4.94. The Kier molecular flexibility index (Phi) is 7.50. The zero-order valence-corrected chi connectivity index (χ0v) is 19.9. The quantitative estimate of drug-likeness (QED) is 0.638. The largest absolute Gasteiger partial charge is 0.342 e. The molecular formula is C27H37FN2O3. The van der Waals surface area contributed by atoms with E-state index in [1.165, 1.54) is 6.07 Å². The van der Waals surface area contributed by atoms with Gasteiger partial charge in [-0.1, -0.05) is 45.2 Å². The predicted molar refractivity (Wildman–Crippen MR) is 125 cm³/mol. The molecule has 180 valence electrons. The van der Waals surface area contributed by atoms with Crippen molar-refractivity contribution in [2.45, 2.75) is 83.6 Å². The molecule has 3 fully saturated rings. The van der Waals surface area contributed by atoms with E-state index in [0.29, 0.717) is 12.1 Å². The maximum atomic E-state index is 15.6. The third-order valence-corrected chi connectivity index (χ3v) is 7.66. The lowest BCUT2D eigenvalue weighted by molar-refractivity contribution is -0.133. The Morgan fingerprint density at radius 3 is 2.39 bits per heavy atom. The number of carbonyl (C=O) groups excluding carboxylic acids is 3. The summed E-state index contributed by atoms with van der Waals surface area (Å²) >= 11 is 0. The van der Waals surface area contributed by atoms with Crippen molar-refractivity contribution in [3.05, 3.63) is 35.1 Å². The van der Waals surface area contributed by atoms with E-state index < -0.39 is 17.8 Å². The smallest absolute Gasteiger partial charge is 0.254 e. The van der Waals surface area contributed by atoms with E-state index in [1.54, 1.807) is 12.1 Å². The van der Waals surface area contributed by atoms with Crippen LogP contribution in [0.25, 0.3) is 0 Å². The summed E-state index contributed by atoms with van der Waals surface area (Å²) in [6, 6.07) is 4.39. The fourth-order valence-electron chi connectivity index (χ4n) is 5.53. The Morgan fingerprint density at radius 1 is 1.00 bits per heavy atom. The maximum Gasteiger partial charge on any atom is 0.254 e. The minimum absolute atomic E-state index is 0.00416. The second-order valence-corrected chi connectivity index (χ2v) is 10.5. The summed E-state index contributed by atoms with van der Waals surface area (Å²) in [5, 5.41) is 2.91. The normalized spacial score (nSPS) is 22.8. The summed E-state index contributed by atoms with van der Waals surface area (Å²) in [5.41, 5.74) is 0.496. The first kappa shape index (κ1) is 23.9. The van der Waals surface area contributed by atoms with Gasteiger partial charge < -0.3 is 10.2 Å². The van der Waals surface area contributed by atoms with Gasteiger partial charge in [-0.3, -0.25) is 14.4 Å². The van der Waals surface area contributed by atoms with Gasteiger partial charge in [0, 0.05) is 30.8 Å². The number of ketones is 1. The highest BCUT2D eigenvalue weighted by Gasteiger charge is 2.37. The zero-order valence-electron chi connectivity index (χ0n) is 19.9. The van der Waals surface area contributed by atoms with Crippen molar-refractivity contribution >= 4 is 17.6 Å². The summed E-state index contributed by atoms with van der Waals surface area (Å²) in [6.07, 6.45) is 8.66. The molecule has 2 atom stereocenters. The van der Waals surface area contributed by atoms with E-state index in [-0.39, 0.29) is 40.9 Å². The van der Waals surface area contributed by atoms with Gasteiger partial charge in [-0.05, 0) is 56.1 Å². The number of nitrogens with zero attached hydrogens (tertiary/aromatic N) is 1. The van der Waals surface area contributed by atoms with Gasteiger partial charge in [0.2, 0.25) is 5.91 Å². The Labute approximate surface area is 196 Å². The van der Waals surface area contributed by atoms with E-state index in [9.17, 15) is 14.4 Å². The molecular weight excluding hydrogens is 419 g/mol. The summed E-state index contributed by atoms with van der Waals surface area (Å²) < 4.78 is 15.6. The van der Waals surface area contributed by atoms with Crippen LogP contribution in [0.3, 0.4) is 0 Å². The Morgan fingerprint density at radius 2 is 1.73 bits per heavy atom. The first-order chi connectivity index (χ1) is 15.9. The highest BCUT2D eigenvalue weighted by molar-refractivity contribution is 5.98. The molecule has 5 nitrogen and oxygen atoms in total. The molecule has 33 heavy (non-hydrogen) atoms. The molecule has 0 radical (unpaired) electrons. The number of hydrogen-bond acceptors (Lipinski definition) is 3. The number of halogens is 1. The second-order valence-electron chi connectivity index (χ2n) is 10.5. The fourth-order valence-corrected chi connectivity index (χ4v) is 5.53. The molecule has 2 unspecified atom stereocenters. The monoisotopic (exact) mass is 456 g/mol. The van der Waals surface area contributed by atoms with Crippen LogP contribution in [0.2, 0.25) is 0 Å². The number of benzene rings is 1. The van der Waals surface area contributed by atoms with Crippen molar-refractivity contribution < 1.29 is 18.8 Å². The first-order valence-electron chi connectivity index (χ1n) is 12.8. The van der Waals surface area contributed by atoms with Crippen LogP contribution in [0.15, 0.2) is 18.2 Å². The van der Waals surface area contributed by atoms with Gasteiger partial charge in [-0.25, -0.2) is 4.39 Å². The molecule has 2 amide bonds. The molecule has 0 aromatic heterocycles. The molecule has 1 saturated heterocycles. The van der Waals surface area contributed by atoms with Gasteiger partial charge in [0.25, 0.3) is 5.91 Å². The van der Waals surface area contributed by atoms with Crippen molar-refractivity contribution in [1.82, 2.24) is 10.2 Å². The summed E-state index contributed by atoms with van der Waals surface area (Å²) in [7, 11) is 0. The lowest BCUT2D eigenvalue weighted by Crippen LogP contribution is -2.48. The average Bonchev–Trinajstić information content (AvgIpc) is 3.68. The van der Waals surface area contributed by atoms with Crippen LogP contribution in [0, 0.1) is 23.6 Å². The van der Waals surface area contributed by atoms with Crippen LogP contribution in [0.1, 0.15) is 93.5 Å². The Balaban J connectivity index is 1.51. The number of rotatable bonds is 7. The molecule has 3 aliphatic rings. The van der Waals surface area contributed by atoms with Gasteiger partial charge in [0.05, 0.1) is 11.6 Å². The number of nitrogens with one attached hydrogen (secondary N) is 1. The topological polar surface area (TPSA) is 66.5 Å². The van der Waals surface area contributed by atoms with Gasteiger partial charge in [0.15, 0.2) is 5.78 Å². The van der Waals surface area contributed by atoms with E-state index >= 15 is 4.39 Å². The molecule has 1 aromatic carbocycles. The molecule has 1 aliphatic heterocycles. The number of likely N-dealkylation sites (tertiary alicyclic amines) is 1. The Bertz CT molecular complexity index is 889. The predicted octanol–water partition coefficient (Wildman–Crippen LogP) is 4.85. The molecule has 1 aromatic rings. The molecule has 0 bridgehead atoms. The summed E-state index contributed by atoms with van der Waals surface area (Å²) in [4.78, 5) is 40.5. The Hall–Kier alpha value is -2.24. The highest BCUT2D eigenvalue weighted by Crippen LogP contribution is 2.35. The minimum Gasteiger partial charge on any atom is -0.342 e. The number of carbonyl (C=O) groups is 3. The van der Waals surface area contributed by atoms with Gasteiger partial charge in [0.1, 0.15) is 5.82 Å². The molecule has 4 rings (SSSR count). The van der Waals surface area contributed by atoms with Crippen molar-refractivity contribution in [2.24, 2.45) is 17.8 Å². The summed E-state index contributed by atoms with van der Waals surface area (Å²) in [5.74, 6) is -0.845.